The summed E-state index contributed by atoms with van der Waals surface area (Å²) < 4.78 is 44.6. The van der Waals surface area contributed by atoms with Crippen LogP contribution in [0.3, 0.4) is 0 Å². The van der Waals surface area contributed by atoms with Gasteiger partial charge in [0.2, 0.25) is 0 Å². The summed E-state index contributed by atoms with van der Waals surface area (Å²) in [4.78, 5) is 27.4. The minimum atomic E-state index is -3.73. The summed E-state index contributed by atoms with van der Waals surface area (Å²) in [6.07, 6.45) is 2.08. The van der Waals surface area contributed by atoms with Gasteiger partial charge in [0.05, 0.1) is 17.4 Å². The summed E-state index contributed by atoms with van der Waals surface area (Å²) in [6.45, 7) is 2.05. The highest BCUT2D eigenvalue weighted by Crippen LogP contribution is 2.33. The summed E-state index contributed by atoms with van der Waals surface area (Å²) in [5.74, 6) is 0.0610. The largest absolute Gasteiger partial charge is 0.467 e. The van der Waals surface area contributed by atoms with Gasteiger partial charge in [-0.2, -0.15) is 4.31 Å². The maximum Gasteiger partial charge on any atom is 0.309 e. The van der Waals surface area contributed by atoms with Gasteiger partial charge >= 0.3 is 5.97 Å². The van der Waals surface area contributed by atoms with Crippen LogP contribution in [0.15, 0.2) is 23.4 Å². The van der Waals surface area contributed by atoms with E-state index in [-0.39, 0.29) is 43.8 Å². The normalized spacial score (nSPS) is 17.3. The predicted molar refractivity (Wildman–Crippen MR) is 113 cm³/mol. The summed E-state index contributed by atoms with van der Waals surface area (Å²) in [7, 11) is -2.01. The fourth-order valence-corrected chi connectivity index (χ4v) is 5.37. The van der Waals surface area contributed by atoms with Gasteiger partial charge < -0.3 is 18.8 Å². The molecule has 33 heavy (non-hydrogen) atoms. The summed E-state index contributed by atoms with van der Waals surface area (Å²) >= 11 is 0. The summed E-state index contributed by atoms with van der Waals surface area (Å²) in [5, 5.41) is 11.2. The van der Waals surface area contributed by atoms with E-state index in [1.807, 2.05) is 0 Å². The SMILES string of the molecule is Cc1nc(S(=O)(=O)N2CCC(C(=O)OCc3cc([N+](=O)[O-])cc4c3OCOC4)CC2)cn1C. The number of non-ortho nitro benzene ring substituents is 1. The number of ether oxygens (including phenoxy) is 3. The van der Waals surface area contributed by atoms with Crippen molar-refractivity contribution in [2.45, 2.75) is 38.0 Å². The van der Waals surface area contributed by atoms with E-state index in [1.165, 1.54) is 22.6 Å². The molecule has 2 aromatic rings. The van der Waals surface area contributed by atoms with E-state index in [2.05, 4.69) is 4.98 Å². The predicted octanol–water partition coefficient (Wildman–Crippen LogP) is 1.65. The van der Waals surface area contributed by atoms with Crippen molar-refractivity contribution in [3.8, 4) is 5.75 Å². The molecular weight excluding hydrogens is 456 g/mol. The molecule has 0 unspecified atom stereocenters. The third kappa shape index (κ3) is 4.70. The topological polar surface area (TPSA) is 143 Å². The number of imidazole rings is 1. The van der Waals surface area contributed by atoms with Crippen LogP contribution in [0.1, 0.15) is 29.8 Å². The molecule has 0 radical (unpaired) electrons. The molecular formula is C20H24N4O8S. The van der Waals surface area contributed by atoms with E-state index in [4.69, 9.17) is 14.2 Å². The number of nitrogens with zero attached hydrogens (tertiary/aromatic N) is 4. The third-order valence-corrected chi connectivity index (χ3v) is 7.60. The average Bonchev–Trinajstić information content (AvgIpc) is 3.16. The molecule has 1 aromatic carbocycles. The Kier molecular flexibility index (Phi) is 6.36. The number of esters is 1. The molecule has 4 rings (SSSR count). The number of carbonyl (C=O) groups is 1. The first-order valence-corrected chi connectivity index (χ1v) is 11.8. The van der Waals surface area contributed by atoms with Gasteiger partial charge in [0.15, 0.2) is 11.8 Å². The second-order valence-corrected chi connectivity index (χ2v) is 9.87. The van der Waals surface area contributed by atoms with E-state index in [0.717, 1.165) is 0 Å². The van der Waals surface area contributed by atoms with Crippen LogP contribution in [0.25, 0.3) is 0 Å². The Labute approximate surface area is 190 Å². The van der Waals surface area contributed by atoms with Gasteiger partial charge in [-0.1, -0.05) is 0 Å². The molecule has 0 N–H and O–H groups in total. The third-order valence-electron chi connectivity index (χ3n) is 5.83. The Morgan fingerprint density at radius 1 is 1.33 bits per heavy atom. The highest BCUT2D eigenvalue weighted by atomic mass is 32.2. The number of hydrogen-bond donors (Lipinski definition) is 0. The number of piperidine rings is 1. The Morgan fingerprint density at radius 3 is 2.70 bits per heavy atom. The van der Waals surface area contributed by atoms with E-state index in [0.29, 0.717) is 35.5 Å². The fourth-order valence-electron chi connectivity index (χ4n) is 3.87. The van der Waals surface area contributed by atoms with E-state index >= 15 is 0 Å². The smallest absolute Gasteiger partial charge is 0.309 e. The lowest BCUT2D eigenvalue weighted by molar-refractivity contribution is -0.385. The van der Waals surface area contributed by atoms with Gasteiger partial charge in [-0.05, 0) is 19.8 Å². The fraction of sp³-hybridized carbons (Fsp3) is 0.500. The van der Waals surface area contributed by atoms with Crippen LogP contribution in [0.2, 0.25) is 0 Å². The molecule has 0 bridgehead atoms. The van der Waals surface area contributed by atoms with Gasteiger partial charge in [-0.25, -0.2) is 13.4 Å². The molecule has 0 amide bonds. The molecule has 2 aliphatic rings. The van der Waals surface area contributed by atoms with Gasteiger partial charge in [0, 0.05) is 49.6 Å². The zero-order chi connectivity index (χ0) is 23.8. The molecule has 1 saturated heterocycles. The van der Waals surface area contributed by atoms with Crippen LogP contribution in [-0.2, 0) is 44.6 Å². The van der Waals surface area contributed by atoms with E-state index < -0.39 is 26.8 Å². The van der Waals surface area contributed by atoms with Gasteiger partial charge in [0.1, 0.15) is 18.2 Å². The number of fused-ring (bicyclic) bond motifs is 1. The van der Waals surface area contributed by atoms with Crippen LogP contribution in [0, 0.1) is 23.0 Å². The van der Waals surface area contributed by atoms with Gasteiger partial charge in [-0.15, -0.1) is 0 Å². The number of rotatable bonds is 6. The molecule has 2 aliphatic heterocycles. The lowest BCUT2D eigenvalue weighted by Crippen LogP contribution is -2.40. The number of nitro benzene ring substituents is 1. The number of sulfonamides is 1. The molecule has 13 heteroatoms. The van der Waals surface area contributed by atoms with Gasteiger partial charge in [-0.3, -0.25) is 14.9 Å². The first kappa shape index (κ1) is 23.1. The Balaban J connectivity index is 1.38. The zero-order valence-electron chi connectivity index (χ0n) is 18.2. The number of aromatic nitrogens is 2. The van der Waals surface area contributed by atoms with Gasteiger partial charge in [0.25, 0.3) is 15.7 Å². The number of aryl methyl sites for hydroxylation is 2. The van der Waals surface area contributed by atoms with Crippen LogP contribution in [0.5, 0.6) is 5.75 Å². The molecule has 1 aromatic heterocycles. The quantitative estimate of drug-likeness (QED) is 0.342. The maximum absolute atomic E-state index is 12.8. The second-order valence-electron chi connectivity index (χ2n) is 7.98. The van der Waals surface area contributed by atoms with Crippen molar-refractivity contribution in [2.24, 2.45) is 13.0 Å². The van der Waals surface area contributed by atoms with Crippen LogP contribution >= 0.6 is 0 Å². The minimum Gasteiger partial charge on any atom is -0.467 e. The number of benzene rings is 1. The van der Waals surface area contributed by atoms with E-state index in [1.54, 1.807) is 18.5 Å². The van der Waals surface area contributed by atoms with Crippen molar-refractivity contribution >= 4 is 21.7 Å². The van der Waals surface area contributed by atoms with Crippen LogP contribution in [-0.4, -0.2) is 53.0 Å². The molecule has 0 spiro atoms. The highest BCUT2D eigenvalue weighted by Gasteiger charge is 2.34. The first-order valence-electron chi connectivity index (χ1n) is 10.3. The minimum absolute atomic E-state index is 0.00842. The van der Waals surface area contributed by atoms with Crippen molar-refractivity contribution in [1.82, 2.24) is 13.9 Å². The number of nitro groups is 1. The molecule has 178 valence electrons. The van der Waals surface area contributed by atoms with Crippen molar-refractivity contribution in [1.29, 1.82) is 0 Å². The molecule has 0 atom stereocenters. The standard InChI is InChI=1S/C20H24N4O8S/c1-13-21-18(9-22(13)2)33(28,29)23-5-3-14(4-6-23)20(25)31-11-16-8-17(24(26)27)7-15-10-30-12-32-19(15)16/h7-9,14H,3-6,10-12H2,1-2H3. The first-order chi connectivity index (χ1) is 15.7. The van der Waals surface area contributed by atoms with Crippen LogP contribution < -0.4 is 4.74 Å². The zero-order valence-corrected chi connectivity index (χ0v) is 19.0. The molecule has 0 aliphatic carbocycles. The van der Waals surface area contributed by atoms with Crippen molar-refractivity contribution in [3.05, 3.63) is 45.4 Å². The second kappa shape index (κ2) is 9.08. The lowest BCUT2D eigenvalue weighted by atomic mass is 9.98. The molecule has 0 saturated carbocycles. The summed E-state index contributed by atoms with van der Waals surface area (Å²) in [5.41, 5.74) is 0.767. The van der Waals surface area contributed by atoms with Crippen LogP contribution in [0.4, 0.5) is 5.69 Å². The molecule has 1 fully saturated rings. The van der Waals surface area contributed by atoms with Crippen molar-refractivity contribution in [2.75, 3.05) is 19.9 Å². The van der Waals surface area contributed by atoms with E-state index in [9.17, 15) is 23.3 Å². The molecule has 3 heterocycles. The number of carbonyl (C=O) groups excluding carboxylic acids is 1. The maximum atomic E-state index is 12.8. The Bertz CT molecular complexity index is 1170. The average molecular weight is 480 g/mol. The monoisotopic (exact) mass is 480 g/mol. The number of hydrogen-bond acceptors (Lipinski definition) is 9. The van der Waals surface area contributed by atoms with Crippen molar-refractivity contribution < 1.29 is 32.3 Å². The Hall–Kier alpha value is -3.03. The lowest BCUT2D eigenvalue weighted by Gasteiger charge is -2.29. The van der Waals surface area contributed by atoms with Crippen molar-refractivity contribution in [3.63, 3.8) is 0 Å². The summed E-state index contributed by atoms with van der Waals surface area (Å²) in [6, 6.07) is 2.69. The Morgan fingerprint density at radius 2 is 2.06 bits per heavy atom. The highest BCUT2D eigenvalue weighted by molar-refractivity contribution is 7.89. The molecule has 12 nitrogen and oxygen atoms in total.